The molecule has 28 heavy (non-hydrogen) atoms. The molecule has 3 aromatic carbocycles. The highest BCUT2D eigenvalue weighted by Gasteiger charge is 2.20. The third kappa shape index (κ3) is 4.84. The predicted octanol–water partition coefficient (Wildman–Crippen LogP) is 4.43. The Morgan fingerprint density at radius 3 is 2.29 bits per heavy atom. The third-order valence-corrected chi connectivity index (χ3v) is 5.47. The summed E-state index contributed by atoms with van der Waals surface area (Å²) in [7, 11) is 0. The Kier molecular flexibility index (Phi) is 6.21. The maximum Gasteiger partial charge on any atom is 0.164 e. The zero-order chi connectivity index (χ0) is 20.1. The van der Waals surface area contributed by atoms with Gasteiger partial charge >= 0.3 is 0 Å². The second kappa shape index (κ2) is 8.80. The van der Waals surface area contributed by atoms with Crippen molar-refractivity contribution in [3.05, 3.63) is 101 Å². The topological polar surface area (TPSA) is 57.2 Å². The van der Waals surface area contributed by atoms with Crippen LogP contribution >= 0.6 is 11.8 Å². The number of ketones is 1. The Hall–Kier alpha value is -2.99. The Labute approximate surface area is 165 Å². The van der Waals surface area contributed by atoms with Gasteiger partial charge in [-0.15, -0.1) is 11.8 Å². The Balaban J connectivity index is 1.93. The van der Waals surface area contributed by atoms with Crippen molar-refractivity contribution in [1.29, 1.82) is 0 Å². The van der Waals surface area contributed by atoms with Gasteiger partial charge in [0.15, 0.2) is 5.78 Å². The summed E-state index contributed by atoms with van der Waals surface area (Å²) < 4.78 is 26.8. The summed E-state index contributed by atoms with van der Waals surface area (Å²) in [5, 5.41) is 10.9. The number of benzene rings is 3. The van der Waals surface area contributed by atoms with Gasteiger partial charge in [0.05, 0.1) is 5.97 Å². The maximum absolute atomic E-state index is 13.4. The molecule has 0 N–H and O–H groups in total. The number of carboxylic acids is 1. The van der Waals surface area contributed by atoms with Crippen molar-refractivity contribution in [3.63, 3.8) is 0 Å². The first-order chi connectivity index (χ1) is 13.4. The molecular weight excluding hydrogens is 382 g/mol. The molecular formula is C22H15F2O3S-. The van der Waals surface area contributed by atoms with E-state index in [1.54, 1.807) is 30.3 Å². The molecule has 3 rings (SSSR count). The molecule has 0 amide bonds. The lowest BCUT2D eigenvalue weighted by atomic mass is 10.0. The molecule has 0 aliphatic carbocycles. The number of thioether (sulfide) groups is 1. The van der Waals surface area contributed by atoms with Crippen molar-refractivity contribution in [3.8, 4) is 0 Å². The molecule has 0 saturated carbocycles. The Morgan fingerprint density at radius 1 is 0.893 bits per heavy atom. The molecule has 0 bridgehead atoms. The number of halogens is 2. The first kappa shape index (κ1) is 19.8. The molecule has 0 saturated heterocycles. The van der Waals surface area contributed by atoms with E-state index in [1.807, 2.05) is 0 Å². The van der Waals surface area contributed by atoms with Crippen LogP contribution in [0.4, 0.5) is 8.78 Å². The predicted molar refractivity (Wildman–Crippen MR) is 101 cm³/mol. The van der Waals surface area contributed by atoms with Crippen molar-refractivity contribution >= 4 is 23.5 Å². The van der Waals surface area contributed by atoms with Gasteiger partial charge in [-0.2, -0.15) is 0 Å². The number of hydrogen-bond donors (Lipinski definition) is 0. The lowest BCUT2D eigenvalue weighted by Gasteiger charge is -2.19. The van der Waals surface area contributed by atoms with Gasteiger partial charge in [0.2, 0.25) is 0 Å². The number of rotatable bonds is 7. The van der Waals surface area contributed by atoms with Crippen molar-refractivity contribution in [2.24, 2.45) is 0 Å². The van der Waals surface area contributed by atoms with Gasteiger partial charge in [-0.3, -0.25) is 4.79 Å². The van der Waals surface area contributed by atoms with E-state index in [0.29, 0.717) is 10.5 Å². The van der Waals surface area contributed by atoms with Crippen LogP contribution in [-0.4, -0.2) is 11.8 Å². The molecule has 0 heterocycles. The fourth-order valence-electron chi connectivity index (χ4n) is 2.74. The van der Waals surface area contributed by atoms with Crippen LogP contribution in [0.2, 0.25) is 0 Å². The summed E-state index contributed by atoms with van der Waals surface area (Å²) in [4.78, 5) is 24.5. The molecule has 3 aromatic rings. The minimum absolute atomic E-state index is 0.0119. The largest absolute Gasteiger partial charge is 0.545 e. The molecule has 0 radical (unpaired) electrons. The van der Waals surface area contributed by atoms with E-state index < -0.39 is 22.9 Å². The van der Waals surface area contributed by atoms with Gasteiger partial charge in [0.25, 0.3) is 0 Å². The third-order valence-electron chi connectivity index (χ3n) is 4.14. The molecule has 3 nitrogen and oxygen atoms in total. The van der Waals surface area contributed by atoms with E-state index in [2.05, 4.69) is 0 Å². The Morgan fingerprint density at radius 2 is 1.61 bits per heavy atom. The van der Waals surface area contributed by atoms with Crippen molar-refractivity contribution in [1.82, 2.24) is 0 Å². The average Bonchev–Trinajstić information content (AvgIpc) is 2.68. The van der Waals surface area contributed by atoms with Crippen LogP contribution in [0.5, 0.6) is 0 Å². The summed E-state index contributed by atoms with van der Waals surface area (Å²) >= 11 is 1.17. The summed E-state index contributed by atoms with van der Waals surface area (Å²) in [5.74, 6) is -2.55. The first-order valence-corrected chi connectivity index (χ1v) is 9.33. The van der Waals surface area contributed by atoms with Crippen LogP contribution in [0.15, 0.2) is 77.7 Å². The van der Waals surface area contributed by atoms with Crippen LogP contribution < -0.4 is 5.11 Å². The van der Waals surface area contributed by atoms with E-state index in [4.69, 9.17) is 0 Å². The zero-order valence-corrected chi connectivity index (χ0v) is 15.4. The van der Waals surface area contributed by atoms with Gasteiger partial charge in [-0.25, -0.2) is 8.78 Å². The van der Waals surface area contributed by atoms with Gasteiger partial charge < -0.3 is 9.90 Å². The summed E-state index contributed by atoms with van der Waals surface area (Å²) in [5.41, 5.74) is 0.892. The standard InChI is InChI=1S/C22H16F2O3S/c23-16-10-8-14(9-11-16)21(13-19(25)15-4-3-5-17(24)12-15)28-20-7-2-1-6-18(20)22(26)27/h1-12,21H,13H2,(H,26,27)/p-1/t21-/m1/s1. The van der Waals surface area contributed by atoms with Crippen molar-refractivity contribution < 1.29 is 23.5 Å². The lowest BCUT2D eigenvalue weighted by molar-refractivity contribution is -0.255. The highest BCUT2D eigenvalue weighted by atomic mass is 32.2. The lowest BCUT2D eigenvalue weighted by Crippen LogP contribution is -2.23. The highest BCUT2D eigenvalue weighted by molar-refractivity contribution is 7.99. The van der Waals surface area contributed by atoms with E-state index in [1.165, 1.54) is 48.2 Å². The smallest absolute Gasteiger partial charge is 0.164 e. The second-order valence-electron chi connectivity index (χ2n) is 6.08. The zero-order valence-electron chi connectivity index (χ0n) is 14.6. The van der Waals surface area contributed by atoms with E-state index >= 15 is 0 Å². The fraction of sp³-hybridized carbons (Fsp3) is 0.0909. The fourth-order valence-corrected chi connectivity index (χ4v) is 4.01. The van der Waals surface area contributed by atoms with Gasteiger partial charge in [-0.1, -0.05) is 42.5 Å². The molecule has 0 fully saturated rings. The number of carboxylic acid groups (broad SMARTS) is 1. The number of aromatic carboxylic acids is 1. The van der Waals surface area contributed by atoms with Crippen LogP contribution in [0.3, 0.4) is 0 Å². The second-order valence-corrected chi connectivity index (χ2v) is 7.32. The van der Waals surface area contributed by atoms with E-state index in [9.17, 15) is 23.5 Å². The molecule has 0 aliphatic rings. The van der Waals surface area contributed by atoms with Crippen LogP contribution in [0, 0.1) is 11.6 Å². The van der Waals surface area contributed by atoms with Crippen molar-refractivity contribution in [2.75, 3.05) is 0 Å². The van der Waals surface area contributed by atoms with Gasteiger partial charge in [0.1, 0.15) is 11.6 Å². The minimum atomic E-state index is -1.32. The summed E-state index contributed by atoms with van der Waals surface area (Å²) in [6.07, 6.45) is -0.0128. The highest BCUT2D eigenvalue weighted by Crippen LogP contribution is 2.40. The maximum atomic E-state index is 13.4. The molecule has 1 atom stereocenters. The molecule has 0 unspecified atom stereocenters. The van der Waals surface area contributed by atoms with E-state index in [0.717, 1.165) is 6.07 Å². The molecule has 0 spiro atoms. The average molecular weight is 397 g/mol. The normalized spacial score (nSPS) is 11.8. The van der Waals surface area contributed by atoms with Crippen LogP contribution in [0.1, 0.15) is 38.0 Å². The first-order valence-electron chi connectivity index (χ1n) is 8.45. The number of carbonyl (C=O) groups is 2. The monoisotopic (exact) mass is 397 g/mol. The van der Waals surface area contributed by atoms with Gasteiger partial charge in [-0.05, 0) is 35.9 Å². The number of hydrogen-bond acceptors (Lipinski definition) is 4. The quantitative estimate of drug-likeness (QED) is 0.437. The van der Waals surface area contributed by atoms with Crippen LogP contribution in [-0.2, 0) is 0 Å². The van der Waals surface area contributed by atoms with Crippen molar-refractivity contribution in [2.45, 2.75) is 16.6 Å². The van der Waals surface area contributed by atoms with Crippen LogP contribution in [0.25, 0.3) is 0 Å². The molecule has 0 aromatic heterocycles. The molecule has 142 valence electrons. The molecule has 0 aliphatic heterocycles. The van der Waals surface area contributed by atoms with Gasteiger partial charge in [0, 0.05) is 27.7 Å². The SMILES string of the molecule is O=C(C[C@@H](Sc1ccccc1C(=O)[O-])c1ccc(F)cc1)c1cccc(F)c1. The summed E-state index contributed by atoms with van der Waals surface area (Å²) in [6.45, 7) is 0. The minimum Gasteiger partial charge on any atom is -0.545 e. The number of Topliss-reactive ketones (excluding diaryl/α,β-unsaturated/α-hetero) is 1. The van der Waals surface area contributed by atoms with E-state index in [-0.39, 0.29) is 23.3 Å². The Bertz CT molecular complexity index is 1000. The number of carbonyl (C=O) groups excluding carboxylic acids is 2. The summed E-state index contributed by atoms with van der Waals surface area (Å²) in [6, 6.07) is 17.4. The molecule has 6 heteroatoms.